The Balaban J connectivity index is 2.40. The van der Waals surface area contributed by atoms with Crippen LogP contribution in [0.3, 0.4) is 0 Å². The van der Waals surface area contributed by atoms with Gasteiger partial charge in [0, 0.05) is 18.4 Å². The highest BCUT2D eigenvalue weighted by Crippen LogP contribution is 2.42. The molecule has 0 aromatic heterocycles. The van der Waals surface area contributed by atoms with Crippen molar-refractivity contribution in [3.8, 4) is 11.5 Å². The fraction of sp³-hybridized carbons (Fsp3) is 0.500. The van der Waals surface area contributed by atoms with Gasteiger partial charge < -0.3 is 15.2 Å². The molecule has 0 radical (unpaired) electrons. The average Bonchev–Trinajstić information content (AvgIpc) is 2.54. The molecule has 100 valence electrons. The van der Waals surface area contributed by atoms with Gasteiger partial charge in [-0.15, -0.1) is 0 Å². The summed E-state index contributed by atoms with van der Waals surface area (Å²) >= 11 is 5.96. The Kier molecular flexibility index (Phi) is 3.92. The van der Waals surface area contributed by atoms with E-state index in [1.165, 1.54) is 12.1 Å². The Morgan fingerprint density at radius 2 is 2.00 bits per heavy atom. The van der Waals surface area contributed by atoms with E-state index in [9.17, 15) is 8.78 Å². The summed E-state index contributed by atoms with van der Waals surface area (Å²) in [7, 11) is 0. The van der Waals surface area contributed by atoms with Gasteiger partial charge in [0.25, 0.3) is 5.92 Å². The van der Waals surface area contributed by atoms with E-state index < -0.39 is 12.3 Å². The Bertz CT molecular complexity index is 440. The van der Waals surface area contributed by atoms with Crippen LogP contribution in [0.5, 0.6) is 11.5 Å². The van der Waals surface area contributed by atoms with Gasteiger partial charge in [-0.05, 0) is 18.7 Å². The van der Waals surface area contributed by atoms with Crippen molar-refractivity contribution >= 4 is 11.6 Å². The zero-order valence-corrected chi connectivity index (χ0v) is 10.5. The maximum Gasteiger partial charge on any atom is 0.274 e. The number of hydrogen-bond acceptors (Lipinski definition) is 3. The Hall–Kier alpha value is -1.07. The SMILES string of the molecule is NCCC(F)(F)c1cc(Cl)c2c(c1)OCCCO2. The number of fused-ring (bicyclic) bond motifs is 1. The molecule has 0 fully saturated rings. The molecule has 0 atom stereocenters. The van der Waals surface area contributed by atoms with Crippen LogP contribution in [0.15, 0.2) is 12.1 Å². The van der Waals surface area contributed by atoms with Crippen molar-refractivity contribution in [3.63, 3.8) is 0 Å². The van der Waals surface area contributed by atoms with Crippen LogP contribution in [0.25, 0.3) is 0 Å². The van der Waals surface area contributed by atoms with Crippen molar-refractivity contribution in [3.05, 3.63) is 22.7 Å². The molecule has 2 N–H and O–H groups in total. The third-order valence-corrected chi connectivity index (χ3v) is 2.96. The molecular weight excluding hydrogens is 264 g/mol. The van der Waals surface area contributed by atoms with Gasteiger partial charge in [-0.25, -0.2) is 8.78 Å². The smallest absolute Gasteiger partial charge is 0.274 e. The van der Waals surface area contributed by atoms with Gasteiger partial charge in [0.05, 0.1) is 18.2 Å². The lowest BCUT2D eigenvalue weighted by Gasteiger charge is -2.18. The first-order chi connectivity index (χ1) is 8.54. The molecule has 2 rings (SSSR count). The standard InChI is InChI=1S/C12H14ClF2NO2/c13-9-6-8(12(14,15)2-3-16)7-10-11(9)18-5-1-4-17-10/h6-7H,1-5,16H2. The molecule has 18 heavy (non-hydrogen) atoms. The largest absolute Gasteiger partial charge is 0.489 e. The lowest BCUT2D eigenvalue weighted by molar-refractivity contribution is -0.0109. The van der Waals surface area contributed by atoms with Crippen molar-refractivity contribution < 1.29 is 18.3 Å². The topological polar surface area (TPSA) is 44.5 Å². The molecular formula is C12H14ClF2NO2. The minimum Gasteiger partial charge on any atom is -0.489 e. The van der Waals surface area contributed by atoms with Gasteiger partial charge in [0.1, 0.15) is 0 Å². The number of ether oxygens (including phenoxy) is 2. The Morgan fingerprint density at radius 1 is 1.28 bits per heavy atom. The van der Waals surface area contributed by atoms with E-state index in [0.717, 1.165) is 0 Å². The predicted molar refractivity (Wildman–Crippen MR) is 64.6 cm³/mol. The number of hydrogen-bond donors (Lipinski definition) is 1. The van der Waals surface area contributed by atoms with Crippen LogP contribution in [-0.2, 0) is 5.92 Å². The van der Waals surface area contributed by atoms with E-state index in [-0.39, 0.29) is 22.9 Å². The van der Waals surface area contributed by atoms with Crippen LogP contribution in [-0.4, -0.2) is 19.8 Å². The van der Waals surface area contributed by atoms with E-state index >= 15 is 0 Å². The van der Waals surface area contributed by atoms with Crippen LogP contribution in [0.1, 0.15) is 18.4 Å². The Morgan fingerprint density at radius 3 is 2.72 bits per heavy atom. The van der Waals surface area contributed by atoms with Crippen molar-refractivity contribution in [2.45, 2.75) is 18.8 Å². The Labute approximate surface area is 109 Å². The molecule has 0 aliphatic carbocycles. The zero-order valence-electron chi connectivity index (χ0n) is 9.72. The van der Waals surface area contributed by atoms with E-state index in [1.54, 1.807) is 0 Å². The zero-order chi connectivity index (χ0) is 13.2. The molecule has 0 amide bonds. The molecule has 0 saturated carbocycles. The first-order valence-electron chi connectivity index (χ1n) is 5.72. The van der Waals surface area contributed by atoms with Gasteiger partial charge >= 0.3 is 0 Å². The summed E-state index contributed by atoms with van der Waals surface area (Å²) in [5.41, 5.74) is 4.99. The molecule has 1 heterocycles. The number of alkyl halides is 2. The summed E-state index contributed by atoms with van der Waals surface area (Å²) in [6.07, 6.45) is 0.266. The molecule has 1 aliphatic rings. The summed E-state index contributed by atoms with van der Waals surface area (Å²) in [6, 6.07) is 2.49. The van der Waals surface area contributed by atoms with Crippen molar-refractivity contribution in [2.75, 3.05) is 19.8 Å². The number of benzene rings is 1. The molecule has 0 unspecified atom stereocenters. The normalized spacial score (nSPS) is 15.3. The van der Waals surface area contributed by atoms with Gasteiger partial charge in [-0.2, -0.15) is 0 Å². The number of rotatable bonds is 3. The first-order valence-corrected chi connectivity index (χ1v) is 6.10. The molecule has 1 aromatic rings. The highest BCUT2D eigenvalue weighted by Gasteiger charge is 2.32. The fourth-order valence-electron chi connectivity index (χ4n) is 1.77. The van der Waals surface area contributed by atoms with Crippen LogP contribution in [0, 0.1) is 0 Å². The minimum absolute atomic E-state index is 0.0982. The number of nitrogens with two attached hydrogens (primary N) is 1. The minimum atomic E-state index is -3.01. The first kappa shape index (κ1) is 13.4. The summed E-state index contributed by atoms with van der Waals surface area (Å²) in [6.45, 7) is 0.791. The molecule has 1 aromatic carbocycles. The van der Waals surface area contributed by atoms with Crippen LogP contribution < -0.4 is 15.2 Å². The lowest BCUT2D eigenvalue weighted by atomic mass is 10.0. The van der Waals surface area contributed by atoms with Gasteiger partial charge in [0.15, 0.2) is 11.5 Å². The second-order valence-corrected chi connectivity index (χ2v) is 4.49. The van der Waals surface area contributed by atoms with Crippen molar-refractivity contribution in [2.24, 2.45) is 5.73 Å². The summed E-state index contributed by atoms with van der Waals surface area (Å²) in [4.78, 5) is 0. The number of halogens is 3. The highest BCUT2D eigenvalue weighted by molar-refractivity contribution is 6.32. The third kappa shape index (κ3) is 2.67. The van der Waals surface area contributed by atoms with E-state index in [4.69, 9.17) is 26.8 Å². The molecule has 0 saturated heterocycles. The molecule has 6 heteroatoms. The predicted octanol–water partition coefficient (Wildman–Crippen LogP) is 2.94. The van der Waals surface area contributed by atoms with Crippen LogP contribution in [0.4, 0.5) is 8.78 Å². The van der Waals surface area contributed by atoms with Crippen molar-refractivity contribution in [1.82, 2.24) is 0 Å². The van der Waals surface area contributed by atoms with Gasteiger partial charge in [-0.1, -0.05) is 11.6 Å². The van der Waals surface area contributed by atoms with E-state index in [0.29, 0.717) is 25.4 Å². The maximum absolute atomic E-state index is 13.8. The van der Waals surface area contributed by atoms with Crippen molar-refractivity contribution in [1.29, 1.82) is 0 Å². The highest BCUT2D eigenvalue weighted by atomic mass is 35.5. The van der Waals surface area contributed by atoms with Crippen LogP contribution >= 0.6 is 11.6 Å². The lowest BCUT2D eigenvalue weighted by Crippen LogP contribution is -2.18. The maximum atomic E-state index is 13.8. The van der Waals surface area contributed by atoms with Crippen LogP contribution in [0.2, 0.25) is 5.02 Å². The molecule has 3 nitrogen and oxygen atoms in total. The summed E-state index contributed by atoms with van der Waals surface area (Å²) < 4.78 is 38.3. The molecule has 1 aliphatic heterocycles. The van der Waals surface area contributed by atoms with E-state index in [1.807, 2.05) is 0 Å². The van der Waals surface area contributed by atoms with E-state index in [2.05, 4.69) is 0 Å². The van der Waals surface area contributed by atoms with Gasteiger partial charge in [0.2, 0.25) is 0 Å². The summed E-state index contributed by atoms with van der Waals surface area (Å²) in [5, 5.41) is 0.140. The average molecular weight is 278 g/mol. The summed E-state index contributed by atoms with van der Waals surface area (Å²) in [5.74, 6) is -2.41. The van der Waals surface area contributed by atoms with Gasteiger partial charge in [-0.3, -0.25) is 0 Å². The second kappa shape index (κ2) is 5.28. The third-order valence-electron chi connectivity index (χ3n) is 2.68. The monoisotopic (exact) mass is 277 g/mol. The molecule has 0 bridgehead atoms. The molecule has 0 spiro atoms. The fourth-order valence-corrected chi connectivity index (χ4v) is 2.03. The second-order valence-electron chi connectivity index (χ2n) is 4.08. The quantitative estimate of drug-likeness (QED) is 0.924.